The number of carbonyl (C=O) groups excluding carboxylic acids is 5. The molecule has 13 heteroatoms. The molecule has 5 amide bonds. The van der Waals surface area contributed by atoms with Crippen LogP contribution in [0.4, 0.5) is 5.69 Å². The van der Waals surface area contributed by atoms with Crippen molar-refractivity contribution in [2.75, 3.05) is 5.32 Å². The molecule has 0 radical (unpaired) electrons. The summed E-state index contributed by atoms with van der Waals surface area (Å²) >= 11 is 1.41. The number of carboxylic acids is 1. The second kappa shape index (κ2) is 21.8. The number of benzene rings is 4. The summed E-state index contributed by atoms with van der Waals surface area (Å²) in [6, 6.07) is 30.1. The molecular formula is C50H53N5O7S. The van der Waals surface area contributed by atoms with E-state index in [-0.39, 0.29) is 38.5 Å². The quantitative estimate of drug-likeness (QED) is 0.0867. The molecule has 326 valence electrons. The molecule has 3 heterocycles. The fourth-order valence-corrected chi connectivity index (χ4v) is 7.82. The van der Waals surface area contributed by atoms with Crippen molar-refractivity contribution in [1.82, 2.24) is 21.3 Å². The summed E-state index contributed by atoms with van der Waals surface area (Å²) in [6.45, 7) is 6.43. The van der Waals surface area contributed by atoms with Crippen molar-refractivity contribution in [2.24, 2.45) is 5.92 Å². The largest absolute Gasteiger partial charge is 0.480 e. The first-order valence-electron chi connectivity index (χ1n) is 21.1. The smallest absolute Gasteiger partial charge is 0.326 e. The van der Waals surface area contributed by atoms with E-state index in [0.29, 0.717) is 28.3 Å². The molecule has 2 bridgehead atoms. The first-order chi connectivity index (χ1) is 30.3. The zero-order valence-electron chi connectivity index (χ0n) is 35.6. The third-order valence-electron chi connectivity index (χ3n) is 11.0. The van der Waals surface area contributed by atoms with Crippen LogP contribution in [0.25, 0.3) is 17.2 Å². The second-order valence-electron chi connectivity index (χ2n) is 16.1. The number of allylic oxidation sites excluding steroid dienone is 1. The van der Waals surface area contributed by atoms with E-state index in [1.165, 1.54) is 16.9 Å². The van der Waals surface area contributed by atoms with Crippen LogP contribution in [0.3, 0.4) is 0 Å². The number of hydrogen-bond donors (Lipinski definition) is 6. The minimum Gasteiger partial charge on any atom is -0.480 e. The summed E-state index contributed by atoms with van der Waals surface area (Å²) < 4.78 is 0. The van der Waals surface area contributed by atoms with E-state index >= 15 is 0 Å². The summed E-state index contributed by atoms with van der Waals surface area (Å²) in [4.78, 5) is 82.4. The number of aliphatic carboxylic acids is 1. The number of carboxylic acid groups (broad SMARTS) is 1. The molecule has 0 spiro atoms. The number of amides is 5. The first kappa shape index (κ1) is 45.7. The monoisotopic (exact) mass is 867 g/mol. The Balaban J connectivity index is 1.32. The van der Waals surface area contributed by atoms with Gasteiger partial charge in [-0.1, -0.05) is 123 Å². The zero-order valence-corrected chi connectivity index (χ0v) is 36.4. The second-order valence-corrected chi connectivity index (χ2v) is 17.2. The number of nitrogens with one attached hydrogen (secondary N) is 5. The van der Waals surface area contributed by atoms with Gasteiger partial charge in [-0.2, -0.15) is 0 Å². The van der Waals surface area contributed by atoms with Gasteiger partial charge >= 0.3 is 5.97 Å². The lowest BCUT2D eigenvalue weighted by Crippen LogP contribution is -2.59. The highest BCUT2D eigenvalue weighted by atomic mass is 32.1. The molecule has 4 atom stereocenters. The Kier molecular flexibility index (Phi) is 15.8. The normalized spacial score (nSPS) is 19.6. The summed E-state index contributed by atoms with van der Waals surface area (Å²) in [5.41, 5.74) is 6.77. The summed E-state index contributed by atoms with van der Waals surface area (Å²) in [7, 11) is 0. The molecule has 6 N–H and O–H groups in total. The maximum Gasteiger partial charge on any atom is 0.326 e. The maximum atomic E-state index is 14.5. The highest BCUT2D eigenvalue weighted by Crippen LogP contribution is 2.23. The fourth-order valence-electron chi connectivity index (χ4n) is 7.07. The molecule has 4 unspecified atom stereocenters. The maximum absolute atomic E-state index is 14.5. The Bertz CT molecular complexity index is 2400. The number of fused-ring (bicyclic) bond motifs is 18. The summed E-state index contributed by atoms with van der Waals surface area (Å²) in [5.74, 6) is -3.85. The minimum absolute atomic E-state index is 0.0170. The van der Waals surface area contributed by atoms with Gasteiger partial charge in [0, 0.05) is 49.1 Å². The molecular weight excluding hydrogens is 815 g/mol. The Morgan fingerprint density at radius 1 is 0.651 bits per heavy atom. The molecule has 4 aromatic carbocycles. The predicted octanol–water partition coefficient (Wildman–Crippen LogP) is 6.50. The van der Waals surface area contributed by atoms with Crippen LogP contribution >= 0.6 is 11.3 Å². The minimum atomic E-state index is -1.36. The molecule has 0 saturated heterocycles. The fraction of sp³-hybridized carbons (Fsp3) is 0.280. The van der Waals surface area contributed by atoms with Crippen molar-refractivity contribution >= 4 is 58.6 Å². The van der Waals surface area contributed by atoms with Gasteiger partial charge in [0.15, 0.2) is 0 Å². The number of hydrogen-bond acceptors (Lipinski definition) is 7. The first-order valence-corrected chi connectivity index (χ1v) is 21.9. The van der Waals surface area contributed by atoms with E-state index in [0.717, 1.165) is 21.6 Å². The van der Waals surface area contributed by atoms with Crippen molar-refractivity contribution in [3.8, 4) is 11.1 Å². The Morgan fingerprint density at radius 2 is 1.21 bits per heavy atom. The van der Waals surface area contributed by atoms with Gasteiger partial charge in [-0.25, -0.2) is 4.79 Å². The number of thiophene rings is 1. The van der Waals surface area contributed by atoms with Crippen molar-refractivity contribution in [2.45, 2.75) is 83.5 Å². The third-order valence-corrected chi connectivity index (χ3v) is 11.9. The number of anilines is 1. The third kappa shape index (κ3) is 13.6. The van der Waals surface area contributed by atoms with Gasteiger partial charge in [0.1, 0.15) is 24.2 Å². The van der Waals surface area contributed by atoms with Crippen LogP contribution in [0, 0.1) is 5.92 Å². The Labute approximate surface area is 371 Å². The average Bonchev–Trinajstić information content (AvgIpc) is 3.79. The standard InChI is InChI=1S/C50H53N5O7S/c1-31(2)32(3)26-34-11-17-37(18-12-34)38-19-13-35(14-20-38)28-42-47(58)53-41(27-33-8-5-4-6-9-33)48(59)55-44(50(61)62)29-36-15-21-39(22-16-36)51-45(56)23-24-46(57)52-43(49(60)54-42)30-40-10-7-25-63-40/h4-22,25-26,31,41-44H,23-24,27-30H2,1-3H3,(H,51,56)(H,52,57)(H,53,58)(H,54,60)(H,55,59)(H,61,62). The van der Waals surface area contributed by atoms with Crippen LogP contribution in [-0.2, 0) is 54.5 Å². The lowest BCUT2D eigenvalue weighted by atomic mass is 9.97. The van der Waals surface area contributed by atoms with E-state index in [9.17, 15) is 33.9 Å². The Morgan fingerprint density at radius 3 is 1.78 bits per heavy atom. The molecule has 12 nitrogen and oxygen atoms in total. The molecule has 63 heavy (non-hydrogen) atoms. The zero-order chi connectivity index (χ0) is 44.9. The van der Waals surface area contributed by atoms with Crippen LogP contribution in [0.1, 0.15) is 60.7 Å². The molecule has 7 rings (SSSR count). The van der Waals surface area contributed by atoms with Crippen molar-refractivity contribution < 1.29 is 33.9 Å². The lowest BCUT2D eigenvalue weighted by molar-refractivity contribution is -0.142. The van der Waals surface area contributed by atoms with E-state index < -0.39 is 59.7 Å². The van der Waals surface area contributed by atoms with E-state index in [2.05, 4.69) is 77.7 Å². The molecule has 0 aliphatic carbocycles. The van der Waals surface area contributed by atoms with Crippen molar-refractivity contribution in [3.05, 3.63) is 153 Å². The molecule has 5 aromatic rings. The SMILES string of the molecule is CC(=Cc1ccc(-c2ccc(CC3NC(=O)C(Cc4cccs4)NC(=O)CCC(=O)Nc4ccc(cc4)CC(C(=O)O)NC(=O)C(Cc4ccccc4)NC3=O)cc2)cc1)C(C)C. The van der Waals surface area contributed by atoms with Crippen LogP contribution in [0.15, 0.2) is 126 Å². The van der Waals surface area contributed by atoms with Crippen LogP contribution in [-0.4, -0.2) is 64.8 Å². The highest BCUT2D eigenvalue weighted by Gasteiger charge is 2.32. The van der Waals surface area contributed by atoms with Crippen LogP contribution in [0.2, 0.25) is 0 Å². The van der Waals surface area contributed by atoms with Gasteiger partial charge in [0.05, 0.1) is 0 Å². The van der Waals surface area contributed by atoms with Gasteiger partial charge in [-0.15, -0.1) is 11.3 Å². The van der Waals surface area contributed by atoms with Gasteiger partial charge in [-0.3, -0.25) is 24.0 Å². The predicted molar refractivity (Wildman–Crippen MR) is 246 cm³/mol. The summed E-state index contributed by atoms with van der Waals surface area (Å²) in [6.07, 6.45) is 1.87. The van der Waals surface area contributed by atoms with Gasteiger partial charge in [0.25, 0.3) is 0 Å². The number of carbonyl (C=O) groups is 6. The highest BCUT2D eigenvalue weighted by molar-refractivity contribution is 7.09. The van der Waals surface area contributed by atoms with Crippen molar-refractivity contribution in [1.29, 1.82) is 0 Å². The van der Waals surface area contributed by atoms with E-state index in [1.54, 1.807) is 48.5 Å². The van der Waals surface area contributed by atoms with Gasteiger partial charge < -0.3 is 31.7 Å². The van der Waals surface area contributed by atoms with Crippen molar-refractivity contribution in [3.63, 3.8) is 0 Å². The Hall–Kier alpha value is -6.86. The molecule has 0 fully saturated rings. The van der Waals surface area contributed by atoms with E-state index in [1.807, 2.05) is 47.8 Å². The molecule has 2 aliphatic heterocycles. The topological polar surface area (TPSA) is 183 Å². The molecule has 0 saturated carbocycles. The van der Waals surface area contributed by atoms with Gasteiger partial charge in [0.2, 0.25) is 29.5 Å². The summed E-state index contributed by atoms with van der Waals surface area (Å²) in [5, 5.41) is 25.9. The van der Waals surface area contributed by atoms with Gasteiger partial charge in [-0.05, 0) is 69.8 Å². The van der Waals surface area contributed by atoms with Crippen LogP contribution < -0.4 is 26.6 Å². The number of rotatable bonds is 10. The lowest BCUT2D eigenvalue weighted by Gasteiger charge is -2.26. The molecule has 1 aromatic heterocycles. The van der Waals surface area contributed by atoms with E-state index in [4.69, 9.17) is 0 Å². The average molecular weight is 868 g/mol. The molecule has 2 aliphatic rings. The van der Waals surface area contributed by atoms with Crippen LogP contribution in [0.5, 0.6) is 0 Å².